The van der Waals surface area contributed by atoms with Crippen molar-refractivity contribution < 1.29 is 0 Å². The highest BCUT2D eigenvalue weighted by atomic mass is 16.1. The minimum absolute atomic E-state index is 0.0488. The Hall–Kier alpha value is -1.87. The molecule has 0 bridgehead atoms. The highest BCUT2D eigenvalue weighted by Crippen LogP contribution is 2.19. The molecule has 0 spiro atoms. The summed E-state index contributed by atoms with van der Waals surface area (Å²) in [6, 6.07) is 12.2. The number of rotatable bonds is 2. The van der Waals surface area contributed by atoms with Crippen LogP contribution in [0.15, 0.2) is 47.4 Å². The molecule has 3 rings (SSSR count). The first kappa shape index (κ1) is 12.2. The van der Waals surface area contributed by atoms with Gasteiger partial charge in [0, 0.05) is 38.9 Å². The number of benzene rings is 1. The van der Waals surface area contributed by atoms with Crippen molar-refractivity contribution in [3.05, 3.63) is 69.6 Å². The molecule has 1 aliphatic heterocycles. The second kappa shape index (κ2) is 5.02. The van der Waals surface area contributed by atoms with E-state index in [1.807, 2.05) is 12.3 Å². The van der Waals surface area contributed by atoms with Crippen molar-refractivity contribution in [2.45, 2.75) is 19.5 Å². The third kappa shape index (κ3) is 2.61. The minimum Gasteiger partial charge on any atom is -0.318 e. The highest BCUT2D eigenvalue weighted by molar-refractivity contribution is 5.29. The van der Waals surface area contributed by atoms with Crippen LogP contribution in [0.4, 0.5) is 0 Å². The summed E-state index contributed by atoms with van der Waals surface area (Å²) in [6.45, 7) is 2.99. The molecule has 98 valence electrons. The van der Waals surface area contributed by atoms with Gasteiger partial charge in [0.25, 0.3) is 0 Å². The lowest BCUT2D eigenvalue weighted by Gasteiger charge is -2.28. The second-order valence-electron chi connectivity index (χ2n) is 5.22. The fourth-order valence-corrected chi connectivity index (χ4v) is 2.69. The molecule has 0 saturated heterocycles. The summed E-state index contributed by atoms with van der Waals surface area (Å²) in [4.78, 5) is 13.8. The van der Waals surface area contributed by atoms with Gasteiger partial charge in [-0.2, -0.15) is 0 Å². The van der Waals surface area contributed by atoms with E-state index in [0.717, 1.165) is 26.1 Å². The van der Waals surface area contributed by atoms with Crippen LogP contribution in [-0.4, -0.2) is 16.0 Å². The summed E-state index contributed by atoms with van der Waals surface area (Å²) in [6.07, 6.45) is 3.05. The predicted molar refractivity (Wildman–Crippen MR) is 75.9 cm³/mol. The molecule has 3 heteroatoms. The Bertz CT molecular complexity index is 645. The zero-order valence-corrected chi connectivity index (χ0v) is 11.2. The first-order valence-corrected chi connectivity index (χ1v) is 6.67. The maximum atomic E-state index is 11.4. The lowest BCUT2D eigenvalue weighted by molar-refractivity contribution is 0.245. The SMILES string of the molecule is Cn1cc(CN2CCc3ccccc3C2)ccc1=O. The third-order valence-corrected chi connectivity index (χ3v) is 3.76. The van der Waals surface area contributed by atoms with Gasteiger partial charge in [-0.1, -0.05) is 30.3 Å². The van der Waals surface area contributed by atoms with Gasteiger partial charge in [-0.3, -0.25) is 9.69 Å². The van der Waals surface area contributed by atoms with Gasteiger partial charge in [0.05, 0.1) is 0 Å². The van der Waals surface area contributed by atoms with Gasteiger partial charge in [-0.25, -0.2) is 0 Å². The molecular formula is C16H18N2O. The average molecular weight is 254 g/mol. The van der Waals surface area contributed by atoms with Gasteiger partial charge in [-0.05, 0) is 23.1 Å². The van der Waals surface area contributed by atoms with Gasteiger partial charge in [0.2, 0.25) is 5.56 Å². The van der Waals surface area contributed by atoms with Crippen LogP contribution in [-0.2, 0) is 26.6 Å². The first-order valence-electron chi connectivity index (χ1n) is 6.67. The third-order valence-electron chi connectivity index (χ3n) is 3.76. The van der Waals surface area contributed by atoms with E-state index >= 15 is 0 Å². The van der Waals surface area contributed by atoms with Crippen LogP contribution in [0.25, 0.3) is 0 Å². The number of fused-ring (bicyclic) bond motifs is 1. The zero-order valence-electron chi connectivity index (χ0n) is 11.2. The molecule has 1 aliphatic rings. The predicted octanol–water partition coefficient (Wildman–Crippen LogP) is 1.94. The average Bonchev–Trinajstić information content (AvgIpc) is 2.43. The van der Waals surface area contributed by atoms with Crippen molar-refractivity contribution in [3.8, 4) is 0 Å². The molecule has 19 heavy (non-hydrogen) atoms. The van der Waals surface area contributed by atoms with Gasteiger partial charge in [-0.15, -0.1) is 0 Å². The van der Waals surface area contributed by atoms with Crippen molar-refractivity contribution >= 4 is 0 Å². The van der Waals surface area contributed by atoms with Crippen LogP contribution in [0.5, 0.6) is 0 Å². The first-order chi connectivity index (χ1) is 9.22. The molecule has 0 N–H and O–H groups in total. The van der Waals surface area contributed by atoms with E-state index in [1.54, 1.807) is 17.7 Å². The van der Waals surface area contributed by atoms with Crippen molar-refractivity contribution in [2.75, 3.05) is 6.54 Å². The van der Waals surface area contributed by atoms with E-state index < -0.39 is 0 Å². The number of nitrogens with zero attached hydrogens (tertiary/aromatic N) is 2. The van der Waals surface area contributed by atoms with Crippen LogP contribution in [0.1, 0.15) is 16.7 Å². The van der Waals surface area contributed by atoms with E-state index in [9.17, 15) is 4.79 Å². The van der Waals surface area contributed by atoms with E-state index in [4.69, 9.17) is 0 Å². The normalized spacial score (nSPS) is 15.2. The Morgan fingerprint density at radius 2 is 1.89 bits per heavy atom. The fraction of sp³-hybridized carbons (Fsp3) is 0.312. The van der Waals surface area contributed by atoms with Crippen LogP contribution in [0, 0.1) is 0 Å². The molecule has 0 saturated carbocycles. The summed E-state index contributed by atoms with van der Waals surface area (Å²) < 4.78 is 1.65. The van der Waals surface area contributed by atoms with Gasteiger partial charge < -0.3 is 4.57 Å². The van der Waals surface area contributed by atoms with Gasteiger partial charge in [0.15, 0.2) is 0 Å². The Morgan fingerprint density at radius 1 is 1.11 bits per heavy atom. The molecule has 3 nitrogen and oxygen atoms in total. The number of aromatic nitrogens is 1. The van der Waals surface area contributed by atoms with Crippen LogP contribution in [0.3, 0.4) is 0 Å². The van der Waals surface area contributed by atoms with Crippen molar-refractivity contribution in [3.63, 3.8) is 0 Å². The van der Waals surface area contributed by atoms with E-state index in [2.05, 4.69) is 29.2 Å². The summed E-state index contributed by atoms with van der Waals surface area (Å²) in [5.41, 5.74) is 4.15. The van der Waals surface area contributed by atoms with Crippen LogP contribution >= 0.6 is 0 Å². The highest BCUT2D eigenvalue weighted by Gasteiger charge is 2.15. The Balaban J connectivity index is 1.75. The van der Waals surface area contributed by atoms with Crippen molar-refractivity contribution in [1.82, 2.24) is 9.47 Å². The van der Waals surface area contributed by atoms with Crippen molar-refractivity contribution in [1.29, 1.82) is 0 Å². The molecule has 0 fully saturated rings. The summed E-state index contributed by atoms with van der Waals surface area (Å²) in [5, 5.41) is 0. The van der Waals surface area contributed by atoms with Gasteiger partial charge >= 0.3 is 0 Å². The smallest absolute Gasteiger partial charge is 0.250 e. The maximum absolute atomic E-state index is 11.4. The molecule has 2 heterocycles. The van der Waals surface area contributed by atoms with Gasteiger partial charge in [0.1, 0.15) is 0 Å². The molecule has 2 aromatic rings. The molecule has 0 amide bonds. The lowest BCUT2D eigenvalue weighted by atomic mass is 10.00. The zero-order chi connectivity index (χ0) is 13.2. The summed E-state index contributed by atoms with van der Waals surface area (Å²) in [5.74, 6) is 0. The molecular weight excluding hydrogens is 236 g/mol. The van der Waals surface area contributed by atoms with E-state index in [1.165, 1.54) is 16.7 Å². The quantitative estimate of drug-likeness (QED) is 0.818. The fourth-order valence-electron chi connectivity index (χ4n) is 2.69. The molecule has 0 radical (unpaired) electrons. The molecule has 0 unspecified atom stereocenters. The molecule has 1 aromatic heterocycles. The number of hydrogen-bond donors (Lipinski definition) is 0. The lowest BCUT2D eigenvalue weighted by Crippen LogP contribution is -2.30. The number of hydrogen-bond acceptors (Lipinski definition) is 2. The Kier molecular flexibility index (Phi) is 3.22. The Labute approximate surface area is 113 Å². The standard InChI is InChI=1S/C16H18N2O/c1-17-10-13(6-7-16(17)19)11-18-9-8-14-4-2-3-5-15(14)12-18/h2-7,10H,8-9,11-12H2,1H3. The number of pyridine rings is 1. The monoisotopic (exact) mass is 254 g/mol. The molecule has 0 atom stereocenters. The summed E-state index contributed by atoms with van der Waals surface area (Å²) >= 11 is 0. The Morgan fingerprint density at radius 3 is 2.68 bits per heavy atom. The van der Waals surface area contributed by atoms with E-state index in [-0.39, 0.29) is 5.56 Å². The molecule has 1 aromatic carbocycles. The number of aryl methyl sites for hydroxylation is 1. The van der Waals surface area contributed by atoms with Crippen LogP contribution < -0.4 is 5.56 Å². The van der Waals surface area contributed by atoms with Crippen molar-refractivity contribution in [2.24, 2.45) is 7.05 Å². The minimum atomic E-state index is 0.0488. The summed E-state index contributed by atoms with van der Waals surface area (Å²) in [7, 11) is 1.80. The topological polar surface area (TPSA) is 25.2 Å². The largest absolute Gasteiger partial charge is 0.318 e. The second-order valence-corrected chi connectivity index (χ2v) is 5.22. The van der Waals surface area contributed by atoms with E-state index in [0.29, 0.717) is 0 Å². The maximum Gasteiger partial charge on any atom is 0.250 e. The molecule has 0 aliphatic carbocycles. The van der Waals surface area contributed by atoms with Crippen LogP contribution in [0.2, 0.25) is 0 Å².